The minimum absolute atomic E-state index is 0.0187. The summed E-state index contributed by atoms with van der Waals surface area (Å²) in [6.45, 7) is 6.10. The van der Waals surface area contributed by atoms with Crippen LogP contribution in [-0.4, -0.2) is 59.1 Å². The maximum atomic E-state index is 12.7. The lowest BCUT2D eigenvalue weighted by Gasteiger charge is -2.23. The zero-order chi connectivity index (χ0) is 20.3. The molecule has 0 radical (unpaired) electrons. The van der Waals surface area contributed by atoms with Gasteiger partial charge in [0, 0.05) is 36.9 Å². The zero-order valence-corrected chi connectivity index (χ0v) is 17.1. The van der Waals surface area contributed by atoms with Crippen LogP contribution in [0, 0.1) is 13.8 Å². The summed E-state index contributed by atoms with van der Waals surface area (Å²) in [6.07, 6.45) is 1.08. The molecule has 1 aliphatic rings. The third-order valence-corrected chi connectivity index (χ3v) is 5.39. The number of aliphatic hydroxyl groups is 1. The van der Waals surface area contributed by atoms with E-state index < -0.39 is 0 Å². The number of aliphatic hydroxyl groups excluding tert-OH is 1. The minimum Gasteiger partial charge on any atom is -0.392 e. The van der Waals surface area contributed by atoms with Gasteiger partial charge in [-0.2, -0.15) is 0 Å². The average Bonchev–Trinajstić information content (AvgIpc) is 3.18. The first-order chi connectivity index (χ1) is 13.4. The number of nitrogens with zero attached hydrogens (tertiary/aromatic N) is 4. The van der Waals surface area contributed by atoms with Crippen LogP contribution < -0.4 is 10.2 Å². The van der Waals surface area contributed by atoms with Crippen molar-refractivity contribution in [1.82, 2.24) is 20.2 Å². The molecule has 150 valence electrons. The number of benzene rings is 1. The second kappa shape index (κ2) is 8.67. The number of carbonyl (C=O) groups excluding carboxylic acids is 1. The summed E-state index contributed by atoms with van der Waals surface area (Å²) in [6, 6.07) is 8.00. The monoisotopic (exact) mass is 383 g/mol. The van der Waals surface area contributed by atoms with E-state index in [0.717, 1.165) is 47.7 Å². The van der Waals surface area contributed by atoms with Gasteiger partial charge in [-0.15, -0.1) is 0 Å². The Morgan fingerprint density at radius 3 is 2.71 bits per heavy atom. The molecule has 2 N–H and O–H groups in total. The summed E-state index contributed by atoms with van der Waals surface area (Å²) in [5.41, 5.74) is 3.59. The van der Waals surface area contributed by atoms with Gasteiger partial charge in [0.05, 0.1) is 6.61 Å². The predicted octanol–water partition coefficient (Wildman–Crippen LogP) is 1.66. The number of hydrogen-bond acceptors (Lipinski definition) is 6. The molecule has 0 spiro atoms. The molecule has 28 heavy (non-hydrogen) atoms. The van der Waals surface area contributed by atoms with Crippen LogP contribution in [0.4, 0.5) is 5.82 Å². The van der Waals surface area contributed by atoms with Gasteiger partial charge in [0.2, 0.25) is 5.82 Å². The van der Waals surface area contributed by atoms with Crippen LogP contribution in [0.25, 0.3) is 0 Å². The van der Waals surface area contributed by atoms with E-state index >= 15 is 0 Å². The van der Waals surface area contributed by atoms with Gasteiger partial charge >= 0.3 is 0 Å². The Morgan fingerprint density at radius 2 is 2.04 bits per heavy atom. The fourth-order valence-electron chi connectivity index (χ4n) is 3.48. The maximum absolute atomic E-state index is 12.7. The number of anilines is 1. The smallest absolute Gasteiger partial charge is 0.289 e. The highest BCUT2D eigenvalue weighted by molar-refractivity contribution is 5.91. The molecule has 3 rings (SSSR count). The van der Waals surface area contributed by atoms with Crippen molar-refractivity contribution in [2.75, 3.05) is 32.1 Å². The van der Waals surface area contributed by atoms with E-state index in [0.29, 0.717) is 12.6 Å². The Morgan fingerprint density at radius 1 is 1.29 bits per heavy atom. The topological polar surface area (TPSA) is 81.6 Å². The number of nitrogens with one attached hydrogen (secondary N) is 1. The number of amides is 1. The third-order valence-electron chi connectivity index (χ3n) is 5.39. The molecule has 1 amide bonds. The second-order valence-electron chi connectivity index (χ2n) is 7.59. The molecule has 7 nitrogen and oxygen atoms in total. The van der Waals surface area contributed by atoms with E-state index in [1.54, 1.807) is 0 Å². The van der Waals surface area contributed by atoms with Gasteiger partial charge in [0.15, 0.2) is 0 Å². The molecular weight excluding hydrogens is 354 g/mol. The van der Waals surface area contributed by atoms with Gasteiger partial charge in [-0.25, -0.2) is 9.97 Å². The highest BCUT2D eigenvalue weighted by Gasteiger charge is 2.27. The van der Waals surface area contributed by atoms with Crippen molar-refractivity contribution in [2.24, 2.45) is 0 Å². The van der Waals surface area contributed by atoms with Gasteiger partial charge in [0.1, 0.15) is 5.82 Å². The summed E-state index contributed by atoms with van der Waals surface area (Å²) < 4.78 is 0. The second-order valence-corrected chi connectivity index (χ2v) is 7.59. The molecule has 0 bridgehead atoms. The largest absolute Gasteiger partial charge is 0.392 e. The highest BCUT2D eigenvalue weighted by atomic mass is 16.3. The summed E-state index contributed by atoms with van der Waals surface area (Å²) in [5, 5.41) is 12.1. The van der Waals surface area contributed by atoms with Crippen molar-refractivity contribution in [3.8, 4) is 0 Å². The average molecular weight is 383 g/mol. The van der Waals surface area contributed by atoms with Crippen molar-refractivity contribution >= 4 is 11.7 Å². The Balaban J connectivity index is 1.74. The van der Waals surface area contributed by atoms with Gasteiger partial charge in [-0.1, -0.05) is 24.3 Å². The lowest BCUT2D eigenvalue weighted by atomic mass is 10.1. The molecular formula is C21H29N5O2. The fourth-order valence-corrected chi connectivity index (χ4v) is 3.48. The maximum Gasteiger partial charge on any atom is 0.289 e. The van der Waals surface area contributed by atoms with Gasteiger partial charge in [0.25, 0.3) is 5.91 Å². The molecule has 1 atom stereocenters. The first-order valence-electron chi connectivity index (χ1n) is 9.62. The SMILES string of the molecule is Cc1nc(C(=O)NCc2cccc(CO)c2)nc(N2CC[C@@H](N(C)C)C2)c1C. The normalized spacial score (nSPS) is 16.6. The first kappa shape index (κ1) is 20.2. The van der Waals surface area contributed by atoms with Crippen LogP contribution in [-0.2, 0) is 13.2 Å². The Hall–Kier alpha value is -2.51. The number of carbonyl (C=O) groups is 1. The molecule has 7 heteroatoms. The lowest BCUT2D eigenvalue weighted by Crippen LogP contribution is -2.33. The van der Waals surface area contributed by atoms with E-state index in [1.165, 1.54) is 0 Å². The molecule has 1 aliphatic heterocycles. The lowest BCUT2D eigenvalue weighted by molar-refractivity contribution is 0.0940. The van der Waals surface area contributed by atoms with Crippen LogP contribution in [0.2, 0.25) is 0 Å². The van der Waals surface area contributed by atoms with Crippen molar-refractivity contribution in [1.29, 1.82) is 0 Å². The van der Waals surface area contributed by atoms with Crippen molar-refractivity contribution in [2.45, 2.75) is 39.5 Å². The first-order valence-corrected chi connectivity index (χ1v) is 9.62. The molecule has 0 aliphatic carbocycles. The van der Waals surface area contributed by atoms with E-state index in [4.69, 9.17) is 0 Å². The fraction of sp³-hybridized carbons (Fsp3) is 0.476. The third kappa shape index (κ3) is 4.48. The number of aromatic nitrogens is 2. The quantitative estimate of drug-likeness (QED) is 0.790. The number of likely N-dealkylation sites (N-methyl/N-ethyl adjacent to an activating group) is 1. The molecule has 0 unspecified atom stereocenters. The molecule has 1 fully saturated rings. The minimum atomic E-state index is -0.290. The van der Waals surface area contributed by atoms with Crippen LogP contribution in [0.3, 0.4) is 0 Å². The van der Waals surface area contributed by atoms with Crippen molar-refractivity contribution in [3.63, 3.8) is 0 Å². The van der Waals surface area contributed by atoms with E-state index in [1.807, 2.05) is 38.1 Å². The summed E-state index contributed by atoms with van der Waals surface area (Å²) in [5.74, 6) is 0.760. The predicted molar refractivity (Wildman–Crippen MR) is 109 cm³/mol. The van der Waals surface area contributed by atoms with Gasteiger partial charge < -0.3 is 20.2 Å². The van der Waals surface area contributed by atoms with Gasteiger partial charge in [-0.05, 0) is 45.5 Å². The van der Waals surface area contributed by atoms with Gasteiger partial charge in [-0.3, -0.25) is 4.79 Å². The Bertz CT molecular complexity index is 853. The summed E-state index contributed by atoms with van der Waals surface area (Å²) in [7, 11) is 4.19. The van der Waals surface area contributed by atoms with Crippen LogP contribution in [0.5, 0.6) is 0 Å². The molecule has 1 aromatic heterocycles. The van der Waals surface area contributed by atoms with E-state index in [9.17, 15) is 9.90 Å². The molecule has 0 saturated carbocycles. The van der Waals surface area contributed by atoms with Crippen molar-refractivity contribution < 1.29 is 9.90 Å². The molecule has 1 aromatic carbocycles. The van der Waals surface area contributed by atoms with E-state index in [-0.39, 0.29) is 18.3 Å². The number of rotatable bonds is 6. The van der Waals surface area contributed by atoms with Crippen molar-refractivity contribution in [3.05, 3.63) is 52.5 Å². The van der Waals surface area contributed by atoms with Crippen LogP contribution in [0.15, 0.2) is 24.3 Å². The number of hydrogen-bond donors (Lipinski definition) is 2. The Labute approximate surface area is 166 Å². The van der Waals surface area contributed by atoms with Crippen LogP contribution >= 0.6 is 0 Å². The number of aryl methyl sites for hydroxylation is 1. The zero-order valence-electron chi connectivity index (χ0n) is 17.1. The summed E-state index contributed by atoms with van der Waals surface area (Å²) in [4.78, 5) is 26.1. The highest BCUT2D eigenvalue weighted by Crippen LogP contribution is 2.25. The standard InChI is InChI=1S/C21H29N5O2/c1-14-15(2)23-19(24-20(14)26-9-8-18(12-26)25(3)4)21(28)22-11-16-6-5-7-17(10-16)13-27/h5-7,10,18,27H,8-9,11-13H2,1-4H3,(H,22,28)/t18-/m1/s1. The Kier molecular flexibility index (Phi) is 6.26. The van der Waals surface area contributed by atoms with Crippen LogP contribution in [0.1, 0.15) is 39.4 Å². The van der Waals surface area contributed by atoms with E-state index in [2.05, 4.69) is 39.2 Å². The molecule has 2 heterocycles. The summed E-state index contributed by atoms with van der Waals surface area (Å²) >= 11 is 0. The molecule has 2 aromatic rings. The molecule has 1 saturated heterocycles.